The van der Waals surface area contributed by atoms with Crippen molar-refractivity contribution in [2.24, 2.45) is 0 Å². The van der Waals surface area contributed by atoms with Crippen molar-refractivity contribution in [3.05, 3.63) is 58.3 Å². The maximum atomic E-state index is 5.90. The number of fused-ring (bicyclic) bond motifs is 1. The lowest BCUT2D eigenvalue weighted by molar-refractivity contribution is 0.0982. The first kappa shape index (κ1) is 32.5. The van der Waals surface area contributed by atoms with Gasteiger partial charge in [-0.15, -0.1) is 0 Å². The van der Waals surface area contributed by atoms with E-state index in [-0.39, 0.29) is 0 Å². The maximum absolute atomic E-state index is 5.90. The molecule has 2 aromatic heterocycles. The molecule has 7 rings (SSSR count). The summed E-state index contributed by atoms with van der Waals surface area (Å²) >= 11 is 3.68. The second kappa shape index (κ2) is 13.8. The lowest BCUT2D eigenvalue weighted by Crippen LogP contribution is -2.52. The Kier molecular flexibility index (Phi) is 9.56. The first-order valence-corrected chi connectivity index (χ1v) is 19.8. The Bertz CT molecular complexity index is 1750. The fraction of sp³-hybridized carbons (Fsp3) is 0.472. The summed E-state index contributed by atoms with van der Waals surface area (Å²) in [6, 6.07) is 13.8. The number of rotatable bonds is 9. The van der Waals surface area contributed by atoms with Crippen molar-refractivity contribution in [1.82, 2.24) is 24.8 Å². The lowest BCUT2D eigenvalue weighted by atomic mass is 10.0. The topological polar surface area (TPSA) is 81.7 Å². The Morgan fingerprint density at radius 1 is 0.894 bits per heavy atom. The van der Waals surface area contributed by atoms with Gasteiger partial charge in [-0.2, -0.15) is 4.98 Å². The molecular weight excluding hydrogens is 671 g/mol. The molecule has 0 spiro atoms. The van der Waals surface area contributed by atoms with E-state index in [1.54, 1.807) is 13.3 Å². The number of piperidine rings is 1. The molecule has 2 aliphatic heterocycles. The minimum atomic E-state index is -0.407. The number of nitrogens with one attached hydrogen (secondary N) is 2. The van der Waals surface area contributed by atoms with Crippen LogP contribution in [0.15, 0.2) is 47.1 Å². The summed E-state index contributed by atoms with van der Waals surface area (Å²) in [7, 11) is 3.55. The number of piperazine rings is 1. The van der Waals surface area contributed by atoms with E-state index < -0.39 is 7.92 Å². The van der Waals surface area contributed by atoms with Crippen LogP contribution in [0.1, 0.15) is 42.9 Å². The Hall–Kier alpha value is -3.04. The number of benzene rings is 2. The van der Waals surface area contributed by atoms with Crippen LogP contribution < -0.4 is 25.6 Å². The van der Waals surface area contributed by atoms with Crippen LogP contribution in [0.25, 0.3) is 10.9 Å². The van der Waals surface area contributed by atoms with Crippen LogP contribution in [0.5, 0.6) is 5.75 Å². The molecule has 11 heteroatoms. The normalized spacial score (nSPS) is 18.2. The van der Waals surface area contributed by atoms with Gasteiger partial charge in [-0.05, 0) is 98.7 Å². The van der Waals surface area contributed by atoms with Crippen molar-refractivity contribution >= 4 is 68.9 Å². The summed E-state index contributed by atoms with van der Waals surface area (Å²) in [5.74, 6) is 2.63. The van der Waals surface area contributed by atoms with Gasteiger partial charge in [-0.1, -0.05) is 14.0 Å². The van der Waals surface area contributed by atoms with Gasteiger partial charge < -0.3 is 25.2 Å². The molecule has 248 valence electrons. The Morgan fingerprint density at radius 3 is 2.36 bits per heavy atom. The van der Waals surface area contributed by atoms with Crippen molar-refractivity contribution in [2.45, 2.75) is 44.6 Å². The summed E-state index contributed by atoms with van der Waals surface area (Å²) in [5, 5.41) is 9.58. The zero-order valence-corrected chi connectivity index (χ0v) is 30.7. The number of ether oxygens (including phenoxy) is 1. The minimum Gasteiger partial charge on any atom is -0.494 e. The van der Waals surface area contributed by atoms with Crippen LogP contribution in [0.2, 0.25) is 0 Å². The first-order chi connectivity index (χ1) is 22.8. The summed E-state index contributed by atoms with van der Waals surface area (Å²) < 4.78 is 6.70. The average molecular weight is 718 g/mol. The highest BCUT2D eigenvalue weighted by atomic mass is 79.9. The number of likely N-dealkylation sites (N-methyl/N-ethyl adjacent to an activating group) is 1. The van der Waals surface area contributed by atoms with Crippen LogP contribution in [0.4, 0.5) is 28.8 Å². The van der Waals surface area contributed by atoms with Crippen molar-refractivity contribution in [3.8, 4) is 5.75 Å². The molecule has 47 heavy (non-hydrogen) atoms. The highest BCUT2D eigenvalue weighted by molar-refractivity contribution is 9.10. The standard InChI is InChI=1S/C36H46BrN8OP/c1-23-20-31(33(46-3)21-32(23)45-14-12-25(13-15-45)44-18-16-43(2)17-19-44)41-36-38-22-27(37)35(42-36)40-30-11-10-29-26(34(30)47(4)5)8-9-28(39-29)24-6-7-24/h8-11,20-22,24-25H,6-7,12-19H2,1-5H3,(H2,38,40,41,42). The van der Waals surface area contributed by atoms with Crippen molar-refractivity contribution in [2.75, 3.05) is 82.3 Å². The summed E-state index contributed by atoms with van der Waals surface area (Å²) in [6.45, 7) is 13.6. The first-order valence-electron chi connectivity index (χ1n) is 16.8. The average Bonchev–Trinajstić information content (AvgIpc) is 3.92. The number of halogens is 1. The van der Waals surface area contributed by atoms with Crippen LogP contribution in [0.3, 0.4) is 0 Å². The van der Waals surface area contributed by atoms with Gasteiger partial charge in [-0.25, -0.2) is 4.98 Å². The second-order valence-corrected chi connectivity index (χ2v) is 16.6. The quantitative estimate of drug-likeness (QED) is 0.177. The maximum Gasteiger partial charge on any atom is 0.229 e. The molecule has 0 unspecified atom stereocenters. The van der Waals surface area contributed by atoms with Gasteiger partial charge in [0.15, 0.2) is 0 Å². The Morgan fingerprint density at radius 2 is 1.66 bits per heavy atom. The van der Waals surface area contributed by atoms with E-state index in [0.29, 0.717) is 23.7 Å². The van der Waals surface area contributed by atoms with Gasteiger partial charge in [0.25, 0.3) is 0 Å². The summed E-state index contributed by atoms with van der Waals surface area (Å²) in [6.07, 6.45) is 6.69. The molecule has 1 saturated carbocycles. The zero-order chi connectivity index (χ0) is 32.7. The number of pyridine rings is 1. The smallest absolute Gasteiger partial charge is 0.229 e. The van der Waals surface area contributed by atoms with E-state index in [9.17, 15) is 0 Å². The highest BCUT2D eigenvalue weighted by Crippen LogP contribution is 2.41. The molecule has 4 aromatic rings. The monoisotopic (exact) mass is 716 g/mol. The Balaban J connectivity index is 1.08. The van der Waals surface area contributed by atoms with Crippen molar-refractivity contribution < 1.29 is 4.74 Å². The number of anilines is 5. The molecule has 0 radical (unpaired) electrons. The number of aromatic nitrogens is 3. The third-order valence-electron chi connectivity index (χ3n) is 9.93. The third kappa shape index (κ3) is 7.07. The lowest BCUT2D eigenvalue weighted by Gasteiger charge is -2.43. The molecule has 4 heterocycles. The second-order valence-electron chi connectivity index (χ2n) is 13.5. The van der Waals surface area contributed by atoms with E-state index in [2.05, 4.69) is 110 Å². The molecule has 2 N–H and O–H groups in total. The molecule has 9 nitrogen and oxygen atoms in total. The molecule has 3 fully saturated rings. The van der Waals surface area contributed by atoms with Crippen molar-refractivity contribution in [3.63, 3.8) is 0 Å². The van der Waals surface area contributed by atoms with Crippen molar-refractivity contribution in [1.29, 1.82) is 0 Å². The minimum absolute atomic E-state index is 0.407. The zero-order valence-electron chi connectivity index (χ0n) is 28.2. The third-order valence-corrected chi connectivity index (χ3v) is 11.9. The number of hydrogen-bond acceptors (Lipinski definition) is 9. The van der Waals surface area contributed by atoms with E-state index >= 15 is 0 Å². The predicted molar refractivity (Wildman–Crippen MR) is 200 cm³/mol. The number of hydrogen-bond donors (Lipinski definition) is 2. The van der Waals surface area contributed by atoms with Gasteiger partial charge in [0, 0.05) is 91.3 Å². The molecular formula is C36H46BrN8OP. The highest BCUT2D eigenvalue weighted by Gasteiger charge is 2.28. The van der Waals surface area contributed by atoms with Crippen LogP contribution >= 0.6 is 23.9 Å². The Labute approximate surface area is 288 Å². The van der Waals surface area contributed by atoms with E-state index in [4.69, 9.17) is 14.7 Å². The molecule has 0 bridgehead atoms. The van der Waals surface area contributed by atoms with Gasteiger partial charge >= 0.3 is 0 Å². The van der Waals surface area contributed by atoms with Gasteiger partial charge in [0.2, 0.25) is 5.95 Å². The number of nitrogens with zero attached hydrogens (tertiary/aromatic N) is 6. The SMILES string of the molecule is COc1cc(N2CCC(N3CCN(C)CC3)CC2)c(C)cc1Nc1ncc(Br)c(Nc2ccc3nc(C4CC4)ccc3c2P(C)C)n1. The summed E-state index contributed by atoms with van der Waals surface area (Å²) in [5.41, 5.74) is 6.64. The van der Waals surface area contributed by atoms with Gasteiger partial charge in [0.1, 0.15) is 11.6 Å². The van der Waals surface area contributed by atoms with Gasteiger partial charge in [-0.3, -0.25) is 9.88 Å². The predicted octanol–water partition coefficient (Wildman–Crippen LogP) is 7.05. The van der Waals surface area contributed by atoms with E-state index in [0.717, 1.165) is 40.2 Å². The van der Waals surface area contributed by atoms with Crippen LogP contribution in [-0.2, 0) is 0 Å². The molecule has 0 atom stereocenters. The van der Waals surface area contributed by atoms with Crippen LogP contribution in [-0.4, -0.2) is 97.5 Å². The largest absolute Gasteiger partial charge is 0.494 e. The van der Waals surface area contributed by atoms with E-state index in [1.165, 1.54) is 79.5 Å². The molecule has 3 aliphatic rings. The van der Waals surface area contributed by atoms with Gasteiger partial charge in [0.05, 0.1) is 22.8 Å². The molecule has 1 aliphatic carbocycles. The molecule has 2 saturated heterocycles. The molecule has 2 aromatic carbocycles. The fourth-order valence-electron chi connectivity index (χ4n) is 7.10. The molecule has 0 amide bonds. The number of methoxy groups -OCH3 is 1. The summed E-state index contributed by atoms with van der Waals surface area (Å²) in [4.78, 5) is 22.2. The van der Waals surface area contributed by atoms with Crippen LogP contribution in [0, 0.1) is 6.92 Å². The van der Waals surface area contributed by atoms with E-state index in [1.807, 2.05) is 0 Å². The number of aryl methyl sites for hydroxylation is 1. The fourth-order valence-corrected chi connectivity index (χ4v) is 8.67.